The molecule has 0 aliphatic heterocycles. The van der Waals surface area contributed by atoms with E-state index in [9.17, 15) is 9.90 Å². The van der Waals surface area contributed by atoms with Crippen LogP contribution in [0.4, 0.5) is 0 Å². The average Bonchev–Trinajstić information content (AvgIpc) is 2.15. The lowest BCUT2D eigenvalue weighted by Crippen LogP contribution is -2.42. The van der Waals surface area contributed by atoms with Crippen molar-refractivity contribution in [2.75, 3.05) is 7.11 Å². The van der Waals surface area contributed by atoms with Gasteiger partial charge < -0.3 is 9.84 Å². The maximum Gasteiger partial charge on any atom is 0.314 e. The summed E-state index contributed by atoms with van der Waals surface area (Å²) in [6.07, 6.45) is 2.40. The Morgan fingerprint density at radius 3 is 2.56 bits per heavy atom. The molecule has 0 atom stereocenters. The van der Waals surface area contributed by atoms with Crippen LogP contribution in [-0.4, -0.2) is 18.2 Å². The van der Waals surface area contributed by atoms with E-state index in [4.69, 9.17) is 4.74 Å². The van der Waals surface area contributed by atoms with Gasteiger partial charge in [-0.2, -0.15) is 0 Å². The van der Waals surface area contributed by atoms with Gasteiger partial charge in [-0.15, -0.1) is 0 Å². The first-order valence-electron chi connectivity index (χ1n) is 5.49. The van der Waals surface area contributed by atoms with Gasteiger partial charge >= 0.3 is 5.97 Å². The lowest BCUT2D eigenvalue weighted by Gasteiger charge is -2.39. The minimum atomic E-state index is -0.734. The Morgan fingerprint density at radius 2 is 2.12 bits per heavy atom. The second-order valence-corrected chi connectivity index (χ2v) is 4.44. The van der Waals surface area contributed by atoms with Gasteiger partial charge in [0.15, 0.2) is 0 Å². The third-order valence-electron chi connectivity index (χ3n) is 3.49. The van der Waals surface area contributed by atoms with Gasteiger partial charge in [0, 0.05) is 5.56 Å². The van der Waals surface area contributed by atoms with E-state index >= 15 is 0 Å². The number of carboxylic acids is 1. The van der Waals surface area contributed by atoms with Gasteiger partial charge in [0.05, 0.1) is 12.5 Å². The number of carbonyl (C=O) groups is 1. The van der Waals surface area contributed by atoms with Crippen molar-refractivity contribution in [3.63, 3.8) is 0 Å². The van der Waals surface area contributed by atoms with Gasteiger partial charge in [-0.3, -0.25) is 4.79 Å². The molecule has 86 valence electrons. The van der Waals surface area contributed by atoms with Crippen LogP contribution in [0.25, 0.3) is 0 Å². The summed E-state index contributed by atoms with van der Waals surface area (Å²) in [5.74, 6) is -0.0460. The number of hydrogen-bond donors (Lipinski definition) is 1. The molecule has 1 aliphatic rings. The molecule has 16 heavy (non-hydrogen) atoms. The van der Waals surface area contributed by atoms with E-state index in [2.05, 4.69) is 0 Å². The monoisotopic (exact) mass is 220 g/mol. The number of hydrogen-bond acceptors (Lipinski definition) is 2. The first-order valence-corrected chi connectivity index (χ1v) is 5.49. The van der Waals surface area contributed by atoms with Crippen molar-refractivity contribution >= 4 is 5.97 Å². The van der Waals surface area contributed by atoms with Crippen LogP contribution in [0.15, 0.2) is 18.2 Å². The highest BCUT2D eigenvalue weighted by Crippen LogP contribution is 2.47. The van der Waals surface area contributed by atoms with E-state index in [1.54, 1.807) is 7.11 Å². The molecule has 3 nitrogen and oxygen atoms in total. The lowest BCUT2D eigenvalue weighted by molar-refractivity contribution is -0.147. The Morgan fingerprint density at radius 1 is 1.44 bits per heavy atom. The standard InChI is InChI=1S/C13H16O3/c1-9-4-5-11(16-2)10(8-9)13(12(14)15)6-3-7-13/h4-5,8H,3,6-7H2,1-2H3,(H,14,15). The van der Waals surface area contributed by atoms with Crippen LogP contribution in [-0.2, 0) is 10.2 Å². The van der Waals surface area contributed by atoms with Crippen LogP contribution in [0.1, 0.15) is 30.4 Å². The quantitative estimate of drug-likeness (QED) is 0.851. The van der Waals surface area contributed by atoms with Gasteiger partial charge in [0.1, 0.15) is 5.75 Å². The summed E-state index contributed by atoms with van der Waals surface area (Å²) in [6.45, 7) is 1.97. The van der Waals surface area contributed by atoms with E-state index in [-0.39, 0.29) is 0 Å². The third-order valence-corrected chi connectivity index (χ3v) is 3.49. The number of methoxy groups -OCH3 is 1. The predicted octanol–water partition coefficient (Wildman–Crippen LogP) is 2.51. The second-order valence-electron chi connectivity index (χ2n) is 4.44. The fourth-order valence-corrected chi connectivity index (χ4v) is 2.32. The van der Waals surface area contributed by atoms with E-state index in [1.807, 2.05) is 25.1 Å². The van der Waals surface area contributed by atoms with Crippen molar-refractivity contribution in [3.05, 3.63) is 29.3 Å². The van der Waals surface area contributed by atoms with Crippen molar-refractivity contribution in [1.29, 1.82) is 0 Å². The summed E-state index contributed by atoms with van der Waals surface area (Å²) < 4.78 is 5.27. The Balaban J connectivity index is 2.52. The highest BCUT2D eigenvalue weighted by atomic mass is 16.5. The Bertz CT molecular complexity index is 419. The Kier molecular flexibility index (Phi) is 2.62. The van der Waals surface area contributed by atoms with Crippen LogP contribution in [0.5, 0.6) is 5.75 Å². The molecule has 0 spiro atoms. The molecule has 0 unspecified atom stereocenters. The van der Waals surface area contributed by atoms with Crippen LogP contribution in [0.3, 0.4) is 0 Å². The van der Waals surface area contributed by atoms with E-state index in [0.29, 0.717) is 18.6 Å². The number of aliphatic carboxylic acids is 1. The Hall–Kier alpha value is -1.51. The van der Waals surface area contributed by atoms with Crippen molar-refractivity contribution in [3.8, 4) is 5.75 Å². The minimum Gasteiger partial charge on any atom is -0.496 e. The topological polar surface area (TPSA) is 46.5 Å². The van der Waals surface area contributed by atoms with Gasteiger partial charge in [-0.05, 0) is 25.8 Å². The summed E-state index contributed by atoms with van der Waals surface area (Å²) >= 11 is 0. The number of carboxylic acid groups (broad SMARTS) is 1. The molecule has 1 fully saturated rings. The molecule has 1 aromatic carbocycles. The summed E-state index contributed by atoms with van der Waals surface area (Å²) in [5, 5.41) is 9.39. The van der Waals surface area contributed by atoms with Crippen LogP contribution in [0.2, 0.25) is 0 Å². The van der Waals surface area contributed by atoms with Gasteiger partial charge in [-0.25, -0.2) is 0 Å². The molecule has 0 amide bonds. The fraction of sp³-hybridized carbons (Fsp3) is 0.462. The molecular formula is C13H16O3. The van der Waals surface area contributed by atoms with Gasteiger partial charge in [0.25, 0.3) is 0 Å². The van der Waals surface area contributed by atoms with E-state index in [1.165, 1.54) is 0 Å². The SMILES string of the molecule is COc1ccc(C)cc1C1(C(=O)O)CCC1. The fourth-order valence-electron chi connectivity index (χ4n) is 2.32. The van der Waals surface area contributed by atoms with Crippen LogP contribution < -0.4 is 4.74 Å². The smallest absolute Gasteiger partial charge is 0.314 e. The molecule has 0 heterocycles. The van der Waals surface area contributed by atoms with Crippen molar-refractivity contribution < 1.29 is 14.6 Å². The van der Waals surface area contributed by atoms with E-state index in [0.717, 1.165) is 17.5 Å². The zero-order chi connectivity index (χ0) is 11.8. The van der Waals surface area contributed by atoms with Crippen LogP contribution in [0, 0.1) is 6.92 Å². The number of benzene rings is 1. The molecule has 1 saturated carbocycles. The minimum absolute atomic E-state index is 0.688. The molecule has 1 aromatic rings. The first kappa shape index (κ1) is 11.0. The molecular weight excluding hydrogens is 204 g/mol. The Labute approximate surface area is 95.0 Å². The summed E-state index contributed by atoms with van der Waals surface area (Å²) in [7, 11) is 1.59. The van der Waals surface area contributed by atoms with Gasteiger partial charge in [-0.1, -0.05) is 24.1 Å². The molecule has 0 radical (unpaired) electrons. The normalized spacial score (nSPS) is 17.6. The summed E-state index contributed by atoms with van der Waals surface area (Å²) in [5.41, 5.74) is 1.19. The molecule has 1 N–H and O–H groups in total. The molecule has 0 aromatic heterocycles. The maximum atomic E-state index is 11.4. The predicted molar refractivity (Wildman–Crippen MR) is 60.9 cm³/mol. The molecule has 0 bridgehead atoms. The second kappa shape index (κ2) is 3.81. The highest BCUT2D eigenvalue weighted by molar-refractivity contribution is 5.83. The molecule has 0 saturated heterocycles. The summed E-state index contributed by atoms with van der Waals surface area (Å²) in [4.78, 5) is 11.4. The average molecular weight is 220 g/mol. The maximum absolute atomic E-state index is 11.4. The molecule has 1 aliphatic carbocycles. The lowest BCUT2D eigenvalue weighted by atomic mass is 9.64. The zero-order valence-electron chi connectivity index (χ0n) is 9.62. The molecule has 2 rings (SSSR count). The van der Waals surface area contributed by atoms with Gasteiger partial charge in [0.2, 0.25) is 0 Å². The summed E-state index contributed by atoms with van der Waals surface area (Å²) in [6, 6.07) is 5.73. The van der Waals surface area contributed by atoms with Crippen LogP contribution >= 0.6 is 0 Å². The largest absolute Gasteiger partial charge is 0.496 e. The number of aryl methyl sites for hydroxylation is 1. The van der Waals surface area contributed by atoms with Crippen molar-refractivity contribution in [2.45, 2.75) is 31.6 Å². The van der Waals surface area contributed by atoms with E-state index < -0.39 is 11.4 Å². The number of ether oxygens (including phenoxy) is 1. The first-order chi connectivity index (χ1) is 7.60. The zero-order valence-corrected chi connectivity index (χ0v) is 9.62. The van der Waals surface area contributed by atoms with Crippen molar-refractivity contribution in [1.82, 2.24) is 0 Å². The van der Waals surface area contributed by atoms with Crippen molar-refractivity contribution in [2.24, 2.45) is 0 Å². The third kappa shape index (κ3) is 1.47. The molecule has 3 heteroatoms. The number of rotatable bonds is 3. The highest BCUT2D eigenvalue weighted by Gasteiger charge is 2.47.